The summed E-state index contributed by atoms with van der Waals surface area (Å²) >= 11 is 0. The topological polar surface area (TPSA) is 544 Å². The number of aliphatic hydroxyl groups is 15. The molecule has 12 bridgehead atoms. The van der Waals surface area contributed by atoms with Crippen LogP contribution in [0, 0.1) is 62.3 Å². The second-order valence-corrected chi connectivity index (χ2v) is 31.4. The summed E-state index contributed by atoms with van der Waals surface area (Å²) in [6.45, 7) is 6.95. The Kier molecular flexibility index (Phi) is 25.6. The van der Waals surface area contributed by atoms with Crippen LogP contribution < -0.4 is 0 Å². The van der Waals surface area contributed by atoms with Crippen molar-refractivity contribution in [3.05, 3.63) is 86.5 Å². The fraction of sp³-hybridized carbons (Fsp3) is 0.714. The Morgan fingerprint density at radius 1 is 0.265 bits per heavy atom. The van der Waals surface area contributed by atoms with Crippen LogP contribution >= 0.6 is 0 Å². The molecule has 30 atom stereocenters. The molecule has 0 saturated carbocycles. The molecule has 576 valence electrons. The predicted molar refractivity (Wildman–Crippen MR) is 336 cm³/mol. The quantitative estimate of drug-likeness (QED) is 0.0630. The van der Waals surface area contributed by atoms with Crippen LogP contribution in [-0.4, -0.2) is 326 Å². The first-order chi connectivity index (χ1) is 47.8. The van der Waals surface area contributed by atoms with Gasteiger partial charge in [-0.2, -0.15) is 25.3 Å². The minimum atomic E-state index is -4.90. The van der Waals surface area contributed by atoms with E-state index < -0.39 is 254 Å². The second kappa shape index (κ2) is 32.2. The molecule has 15 N–H and O–H groups in total. The summed E-state index contributed by atoms with van der Waals surface area (Å²) in [5.41, 5.74) is 3.28. The van der Waals surface area contributed by atoms with E-state index in [2.05, 4.69) is 0 Å². The van der Waals surface area contributed by atoms with E-state index in [4.69, 9.17) is 69.4 Å². The van der Waals surface area contributed by atoms with Crippen LogP contribution in [0.2, 0.25) is 0 Å². The molecule has 36 nitrogen and oxygen atoms in total. The number of ether oxygens (including phenoxy) is 12. The SMILES string of the molecule is Cc1cc(C)c(S(=O)(=O)OC[C@H]2O[C@@H]3O[C@H]4[C@H](O)[C@@H](O)[C@@H](O[C@H]5[C@H](O)[C@@H](O)[C@@H](O[C@H]6[C@H](O)[C@@H](O)[C@@H](O[C@H]7[C@H](O)[C@@H](O)[C@@H](O[C@H]8[C@H](O)[C@@H](O)[C@@H](O[C@H]2[C@H](O)[C@H]3O)O[C@@H]8CO)O[C@@H]7CO)O[C@@H]6CO)O[C@@H]5COS(=O)(=O)c2c(C)cc(C)cc2C)O[C@@H]4COS(=O)(=O)c2c(C)cc(C)cc2C)c(C)c1. The number of benzene rings is 3. The Bertz CT molecular complexity index is 3590. The Labute approximate surface area is 586 Å². The normalized spacial score (nSPS) is 40.5. The number of aliphatic hydroxyl groups excluding tert-OH is 15. The lowest BCUT2D eigenvalue weighted by atomic mass is 9.94. The molecule has 22 aliphatic rings. The maximum atomic E-state index is 14.3. The van der Waals surface area contributed by atoms with E-state index in [1.807, 2.05) is 0 Å². The van der Waals surface area contributed by atoms with Crippen molar-refractivity contribution >= 4 is 30.4 Å². The van der Waals surface area contributed by atoms with E-state index in [0.29, 0.717) is 16.7 Å². The van der Waals surface area contributed by atoms with E-state index in [-0.39, 0.29) is 48.1 Å². The molecule has 22 aliphatic heterocycles. The van der Waals surface area contributed by atoms with Gasteiger partial charge in [0.15, 0.2) is 37.7 Å². The van der Waals surface area contributed by atoms with Gasteiger partial charge in [0.05, 0.1) is 54.3 Å². The smallest absolute Gasteiger partial charge is 0.297 e. The Hall–Kier alpha value is -3.69. The van der Waals surface area contributed by atoms with Crippen LogP contribution in [0.25, 0.3) is 0 Å². The van der Waals surface area contributed by atoms with Gasteiger partial charge in [-0.3, -0.25) is 12.5 Å². The van der Waals surface area contributed by atoms with Crippen molar-refractivity contribution in [1.29, 1.82) is 0 Å². The van der Waals surface area contributed by atoms with Crippen molar-refractivity contribution in [1.82, 2.24) is 0 Å². The monoisotopic (exact) mass is 1520 g/mol. The minimum Gasteiger partial charge on any atom is -0.394 e. The Morgan fingerprint density at radius 3 is 0.588 bits per heavy atom. The summed E-state index contributed by atoms with van der Waals surface area (Å²) in [7, 11) is -14.6. The summed E-state index contributed by atoms with van der Waals surface area (Å²) < 4.78 is 174. The van der Waals surface area contributed by atoms with Crippen molar-refractivity contribution < 1.29 is 171 Å². The van der Waals surface area contributed by atoms with Crippen molar-refractivity contribution in [3.63, 3.8) is 0 Å². The fourth-order valence-corrected chi connectivity index (χ4v) is 18.2. The van der Waals surface area contributed by atoms with Gasteiger partial charge in [-0.05, 0) is 95.7 Å². The number of rotatable bonds is 15. The third-order valence-electron chi connectivity index (χ3n) is 18.9. The third kappa shape index (κ3) is 16.5. The molecule has 25 rings (SSSR count). The van der Waals surface area contributed by atoms with Crippen LogP contribution in [0.1, 0.15) is 50.1 Å². The Morgan fingerprint density at radius 2 is 0.422 bits per heavy atom. The zero-order chi connectivity index (χ0) is 74.8. The van der Waals surface area contributed by atoms with Crippen LogP contribution in [0.5, 0.6) is 0 Å². The molecule has 0 aliphatic carbocycles. The highest BCUT2D eigenvalue weighted by molar-refractivity contribution is 7.87. The predicted octanol–water partition coefficient (Wildman–Crippen LogP) is -6.04. The molecule has 0 amide bonds. The van der Waals surface area contributed by atoms with Gasteiger partial charge in [-0.1, -0.05) is 53.1 Å². The maximum absolute atomic E-state index is 14.3. The molecule has 0 spiro atoms. The van der Waals surface area contributed by atoms with Crippen molar-refractivity contribution in [2.24, 2.45) is 0 Å². The fourth-order valence-electron chi connectivity index (χ4n) is 14.2. The molecule has 3 aromatic rings. The lowest BCUT2D eigenvalue weighted by molar-refractivity contribution is -0.403. The van der Waals surface area contributed by atoms with Crippen LogP contribution in [0.4, 0.5) is 0 Å². The third-order valence-corrected chi connectivity index (χ3v) is 23.6. The van der Waals surface area contributed by atoms with E-state index in [9.17, 15) is 102 Å². The molecule has 39 heteroatoms. The number of hydrogen-bond acceptors (Lipinski definition) is 36. The van der Waals surface area contributed by atoms with Gasteiger partial charge < -0.3 is 133 Å². The van der Waals surface area contributed by atoms with E-state index in [1.54, 1.807) is 20.8 Å². The lowest BCUT2D eigenvalue weighted by Crippen LogP contribution is -2.69. The zero-order valence-electron chi connectivity index (χ0n) is 56.5. The molecule has 22 fully saturated rings. The van der Waals surface area contributed by atoms with E-state index in [1.165, 1.54) is 77.9 Å². The van der Waals surface area contributed by atoms with E-state index >= 15 is 0 Å². The zero-order valence-corrected chi connectivity index (χ0v) is 59.0. The van der Waals surface area contributed by atoms with Gasteiger partial charge in [0, 0.05) is 0 Å². The number of aryl methyl sites for hydroxylation is 9. The minimum absolute atomic E-state index is 0.204. The van der Waals surface area contributed by atoms with Gasteiger partial charge in [-0.15, -0.1) is 0 Å². The summed E-state index contributed by atoms with van der Waals surface area (Å²) in [6, 6.07) is 9.20. The molecule has 3 aromatic carbocycles. The highest BCUT2D eigenvalue weighted by atomic mass is 32.2. The summed E-state index contributed by atoms with van der Waals surface area (Å²) in [5, 5.41) is 175. The van der Waals surface area contributed by atoms with E-state index in [0.717, 1.165) is 0 Å². The van der Waals surface area contributed by atoms with Crippen LogP contribution in [-0.2, 0) is 99.7 Å². The summed E-state index contributed by atoms with van der Waals surface area (Å²) in [4.78, 5) is -0.955. The van der Waals surface area contributed by atoms with Gasteiger partial charge in [-0.25, -0.2) is 0 Å². The van der Waals surface area contributed by atoms with Gasteiger partial charge >= 0.3 is 0 Å². The largest absolute Gasteiger partial charge is 0.394 e. The first-order valence-corrected chi connectivity index (χ1v) is 36.8. The van der Waals surface area contributed by atoms with Crippen molar-refractivity contribution in [2.45, 2.75) is 261 Å². The summed E-state index contributed by atoms with van der Waals surface area (Å²) in [5.74, 6) is 0. The molecule has 102 heavy (non-hydrogen) atoms. The molecule has 22 heterocycles. The molecular formula is C63H90O36S3. The van der Waals surface area contributed by atoms with Gasteiger partial charge in [0.25, 0.3) is 30.4 Å². The highest BCUT2D eigenvalue weighted by Gasteiger charge is 2.59. The van der Waals surface area contributed by atoms with Crippen LogP contribution in [0.15, 0.2) is 51.1 Å². The van der Waals surface area contributed by atoms with Gasteiger partial charge in [0.2, 0.25) is 0 Å². The van der Waals surface area contributed by atoms with Gasteiger partial charge in [0.1, 0.15) is 146 Å². The first-order valence-electron chi connectivity index (χ1n) is 32.6. The average Bonchev–Trinajstić information content (AvgIpc) is 0.770. The molecule has 0 radical (unpaired) electrons. The first kappa shape index (κ1) is 80.8. The molecule has 0 unspecified atom stereocenters. The van der Waals surface area contributed by atoms with Crippen LogP contribution in [0.3, 0.4) is 0 Å². The number of hydrogen-bond donors (Lipinski definition) is 15. The Balaban J connectivity index is 1.06. The molecular weight excluding hydrogens is 1430 g/mol. The second-order valence-electron chi connectivity index (χ2n) is 26.7. The van der Waals surface area contributed by atoms with Crippen molar-refractivity contribution in [2.75, 3.05) is 39.6 Å². The summed E-state index contributed by atoms with van der Waals surface area (Å²) in [6.07, 6.45) is -66.5. The maximum Gasteiger partial charge on any atom is 0.297 e. The average molecular weight is 1520 g/mol. The van der Waals surface area contributed by atoms with Crippen molar-refractivity contribution in [3.8, 4) is 0 Å². The molecule has 0 aromatic heterocycles. The highest BCUT2D eigenvalue weighted by Crippen LogP contribution is 2.40. The molecule has 22 saturated heterocycles. The standard InChI is InChI=1S/C63H90O36S3/c1-22-10-25(4)55(26(5)11-22)100(79,80)85-19-34-52-41(71)47(77)62(92-34)99-54-36(21-87-102(83,84)57-29(8)14-24(3)15-30(57)9)93-63(48(78)42(54)72)98-53-35(20-86-101(81,82)56-27(6)12-23(2)13-28(56)7)91-61(46(76)40(53)70)96-51-33(18-66)89-59(44(74)38(51)68)94-49-31(16-64)88-58(43(73)37(49)67)95-50-32(17-65)90-60(97-52)45(75)39(50)69/h10-15,31-54,58-78H,16-21H2,1-9H3/t31-,32-,33-,34-,35-,36-,37-,38-,39-,40-,41-,42-,43-,44-,45-,46-,47-,48-,49-,50-,51-,52-,53-,54-,58-,59-,60-,61-,62-,63-/m1/s1. The lowest BCUT2D eigenvalue weighted by Gasteiger charge is -2.50.